The maximum absolute atomic E-state index is 11.7. The molecule has 0 saturated heterocycles. The van der Waals surface area contributed by atoms with E-state index in [1.54, 1.807) is 0 Å². The van der Waals surface area contributed by atoms with Crippen LogP contribution in [0.1, 0.15) is 44.9 Å². The molecule has 0 aromatic carbocycles. The molecule has 4 heteroatoms. The van der Waals surface area contributed by atoms with E-state index in [0.29, 0.717) is 23.6 Å². The monoisotopic (exact) mass is 263 g/mol. The van der Waals surface area contributed by atoms with Crippen molar-refractivity contribution in [3.05, 3.63) is 0 Å². The van der Waals surface area contributed by atoms with Crippen LogP contribution in [0.5, 0.6) is 0 Å². The molecule has 16 heavy (non-hydrogen) atoms. The highest BCUT2D eigenvalue weighted by Gasteiger charge is 2.25. The van der Waals surface area contributed by atoms with Crippen molar-refractivity contribution in [2.75, 3.05) is 12.1 Å². The summed E-state index contributed by atoms with van der Waals surface area (Å²) in [6, 6.07) is 0.396. The summed E-state index contributed by atoms with van der Waals surface area (Å²) in [7, 11) is 0. The minimum absolute atomic E-state index is 0.205. The molecule has 0 spiro atoms. The summed E-state index contributed by atoms with van der Waals surface area (Å²) in [6.45, 7) is 0. The number of unbranched alkanes of at least 4 members (excludes halogenated alkanes) is 1. The van der Waals surface area contributed by atoms with Gasteiger partial charge in [0.15, 0.2) is 0 Å². The zero-order valence-electron chi connectivity index (χ0n) is 10.0. The van der Waals surface area contributed by atoms with Gasteiger partial charge in [-0.25, -0.2) is 0 Å². The third-order valence-electron chi connectivity index (χ3n) is 3.14. The summed E-state index contributed by atoms with van der Waals surface area (Å²) < 4.78 is 0. The maximum Gasteiger partial charge on any atom is 0.220 e. The van der Waals surface area contributed by atoms with E-state index in [1.165, 1.54) is 19.3 Å². The second kappa shape index (κ2) is 8.24. The van der Waals surface area contributed by atoms with E-state index in [0.717, 1.165) is 19.3 Å². The molecular weight excluding hydrogens is 242 g/mol. The van der Waals surface area contributed by atoms with Crippen LogP contribution in [0, 0.1) is 0 Å². The van der Waals surface area contributed by atoms with E-state index < -0.39 is 0 Å². The van der Waals surface area contributed by atoms with E-state index in [2.05, 4.69) is 11.6 Å². The summed E-state index contributed by atoms with van der Waals surface area (Å²) in [4.78, 5) is 11.7. The summed E-state index contributed by atoms with van der Waals surface area (Å²) in [5, 5.41) is 3.79. The Kier molecular flexibility index (Phi) is 7.30. The van der Waals surface area contributed by atoms with Gasteiger partial charge in [0.1, 0.15) is 0 Å². The average molecular weight is 264 g/mol. The van der Waals surface area contributed by atoms with Crippen molar-refractivity contribution in [3.63, 3.8) is 0 Å². The van der Waals surface area contributed by atoms with Gasteiger partial charge < -0.3 is 5.32 Å². The van der Waals surface area contributed by atoms with E-state index in [-0.39, 0.29) is 5.91 Å². The van der Waals surface area contributed by atoms with Crippen LogP contribution in [0.25, 0.3) is 0 Å². The van der Waals surface area contributed by atoms with Crippen molar-refractivity contribution < 1.29 is 4.79 Å². The summed E-state index contributed by atoms with van der Waals surface area (Å²) in [5.74, 6) is 0.862. The lowest BCUT2D eigenvalue weighted by Gasteiger charge is -2.30. The first-order chi connectivity index (χ1) is 7.77. The van der Waals surface area contributed by atoms with Gasteiger partial charge >= 0.3 is 0 Å². The predicted octanol–water partition coefficient (Wildman–Crippen LogP) is 3.19. The van der Waals surface area contributed by atoms with Crippen LogP contribution in [0.15, 0.2) is 0 Å². The fourth-order valence-electron chi connectivity index (χ4n) is 2.20. The van der Waals surface area contributed by atoms with Crippen molar-refractivity contribution in [1.82, 2.24) is 5.32 Å². The Morgan fingerprint density at radius 2 is 2.12 bits per heavy atom. The normalized spacial score (nSPS) is 25.4. The van der Waals surface area contributed by atoms with Gasteiger partial charge in [-0.15, -0.1) is 11.6 Å². The maximum atomic E-state index is 11.7. The van der Waals surface area contributed by atoms with Crippen molar-refractivity contribution in [3.8, 4) is 0 Å². The number of carbonyl (C=O) groups is 1. The highest BCUT2D eigenvalue weighted by molar-refractivity contribution is 7.99. The third-order valence-corrected chi connectivity index (χ3v) is 4.58. The lowest BCUT2D eigenvalue weighted by atomic mass is 9.94. The van der Waals surface area contributed by atoms with E-state index in [9.17, 15) is 4.79 Å². The summed E-state index contributed by atoms with van der Waals surface area (Å²) in [6.07, 6.45) is 9.57. The quantitative estimate of drug-likeness (QED) is 0.589. The van der Waals surface area contributed by atoms with Gasteiger partial charge in [-0.2, -0.15) is 11.8 Å². The van der Waals surface area contributed by atoms with Gasteiger partial charge in [-0.3, -0.25) is 4.79 Å². The average Bonchev–Trinajstić information content (AvgIpc) is 2.30. The lowest BCUT2D eigenvalue weighted by Crippen LogP contribution is -2.43. The molecule has 0 bridgehead atoms. The van der Waals surface area contributed by atoms with E-state index >= 15 is 0 Å². The Morgan fingerprint density at radius 3 is 2.81 bits per heavy atom. The van der Waals surface area contributed by atoms with E-state index in [4.69, 9.17) is 11.6 Å². The molecule has 1 N–H and O–H groups in total. The molecule has 2 unspecified atom stereocenters. The zero-order valence-corrected chi connectivity index (χ0v) is 11.6. The minimum Gasteiger partial charge on any atom is -0.352 e. The number of amides is 1. The number of alkyl halides is 1. The molecule has 0 aromatic rings. The Balaban J connectivity index is 2.25. The van der Waals surface area contributed by atoms with Gasteiger partial charge in [-0.05, 0) is 31.9 Å². The molecule has 0 aromatic heterocycles. The molecule has 0 heterocycles. The van der Waals surface area contributed by atoms with Gasteiger partial charge in [0, 0.05) is 23.6 Å². The third kappa shape index (κ3) is 4.96. The number of nitrogens with one attached hydrogen (secondary N) is 1. The van der Waals surface area contributed by atoms with Crippen LogP contribution in [0.2, 0.25) is 0 Å². The zero-order chi connectivity index (χ0) is 11.8. The first-order valence-corrected chi connectivity index (χ1v) is 7.98. The summed E-state index contributed by atoms with van der Waals surface area (Å²) in [5.41, 5.74) is 0. The number of rotatable bonds is 6. The smallest absolute Gasteiger partial charge is 0.220 e. The van der Waals surface area contributed by atoms with Crippen LogP contribution < -0.4 is 5.32 Å². The van der Waals surface area contributed by atoms with Crippen LogP contribution in [0.3, 0.4) is 0 Å². The standard InChI is InChI=1S/C12H22ClNOS/c1-16-11-7-3-2-6-10(11)14-12(15)8-4-5-9-13/h10-11H,2-9H2,1H3,(H,14,15). The Morgan fingerprint density at radius 1 is 1.38 bits per heavy atom. The molecule has 0 radical (unpaired) electrons. The van der Waals surface area contributed by atoms with Gasteiger partial charge in [0.2, 0.25) is 5.91 Å². The Hall–Kier alpha value is 0.110. The van der Waals surface area contributed by atoms with Crippen LogP contribution in [-0.2, 0) is 4.79 Å². The molecule has 1 aliphatic carbocycles. The van der Waals surface area contributed by atoms with Crippen molar-refractivity contribution >= 4 is 29.3 Å². The second-order valence-electron chi connectivity index (χ2n) is 4.38. The number of carbonyl (C=O) groups excluding carboxylic acids is 1. The topological polar surface area (TPSA) is 29.1 Å². The van der Waals surface area contributed by atoms with Gasteiger partial charge in [0.05, 0.1) is 0 Å². The van der Waals surface area contributed by atoms with Crippen LogP contribution in [-0.4, -0.2) is 29.3 Å². The summed E-state index contributed by atoms with van der Waals surface area (Å²) >= 11 is 7.48. The first-order valence-electron chi connectivity index (χ1n) is 6.16. The lowest BCUT2D eigenvalue weighted by molar-refractivity contribution is -0.122. The predicted molar refractivity (Wildman–Crippen MR) is 72.3 cm³/mol. The molecular formula is C12H22ClNOS. The largest absolute Gasteiger partial charge is 0.352 e. The first kappa shape index (κ1) is 14.2. The minimum atomic E-state index is 0.205. The highest BCUT2D eigenvalue weighted by atomic mass is 35.5. The second-order valence-corrected chi connectivity index (χ2v) is 5.83. The molecule has 1 amide bonds. The van der Waals surface area contributed by atoms with Crippen LogP contribution in [0.4, 0.5) is 0 Å². The molecule has 1 aliphatic rings. The van der Waals surface area contributed by atoms with Gasteiger partial charge in [0.25, 0.3) is 0 Å². The molecule has 1 fully saturated rings. The van der Waals surface area contributed by atoms with Crippen molar-refractivity contribution in [2.45, 2.75) is 56.2 Å². The molecule has 0 aliphatic heterocycles. The van der Waals surface area contributed by atoms with Gasteiger partial charge in [-0.1, -0.05) is 12.8 Å². The molecule has 1 saturated carbocycles. The van der Waals surface area contributed by atoms with Crippen molar-refractivity contribution in [1.29, 1.82) is 0 Å². The highest BCUT2D eigenvalue weighted by Crippen LogP contribution is 2.27. The fraction of sp³-hybridized carbons (Fsp3) is 0.917. The number of halogens is 1. The fourth-order valence-corrected chi connectivity index (χ4v) is 3.33. The SMILES string of the molecule is CSC1CCCCC1NC(=O)CCCCCl. The Labute approximate surface area is 108 Å². The molecule has 2 atom stereocenters. The number of hydrogen-bond donors (Lipinski definition) is 1. The van der Waals surface area contributed by atoms with E-state index in [1.807, 2.05) is 11.8 Å². The number of hydrogen-bond acceptors (Lipinski definition) is 2. The van der Waals surface area contributed by atoms with Crippen molar-refractivity contribution in [2.24, 2.45) is 0 Å². The molecule has 94 valence electrons. The van der Waals surface area contributed by atoms with Crippen LogP contribution >= 0.6 is 23.4 Å². The molecule has 1 rings (SSSR count). The Bertz CT molecular complexity index is 213. The number of thioether (sulfide) groups is 1. The molecule has 2 nitrogen and oxygen atoms in total.